The van der Waals surface area contributed by atoms with Crippen molar-refractivity contribution in [2.75, 3.05) is 12.4 Å². The van der Waals surface area contributed by atoms with E-state index in [1.54, 1.807) is 6.92 Å². The normalized spacial score (nSPS) is 12.3. The lowest BCUT2D eigenvalue weighted by Crippen LogP contribution is -2.19. The van der Waals surface area contributed by atoms with E-state index < -0.39 is 38.5 Å². The number of hydrogen-bond donors (Lipinski definition) is 2. The van der Waals surface area contributed by atoms with E-state index in [9.17, 15) is 21.6 Å². The Morgan fingerprint density at radius 3 is 2.38 bits per heavy atom. The molecule has 0 spiro atoms. The summed E-state index contributed by atoms with van der Waals surface area (Å²) in [6.07, 6.45) is 0.257. The standard InChI is InChI=1S/C11H15NO7S2/c1-2-8-9(11(12)13)4-3-5-10(8)20(14,15)7-6-19-21(16,17)18/h3-5H,2,6-7H2,1H3,(H2,12,13)(H,16,17,18). The fraction of sp³-hybridized carbons (Fsp3) is 0.364. The van der Waals surface area contributed by atoms with Crippen molar-refractivity contribution in [3.05, 3.63) is 29.3 Å². The molecule has 0 aliphatic heterocycles. The van der Waals surface area contributed by atoms with Gasteiger partial charge in [-0.25, -0.2) is 12.6 Å². The van der Waals surface area contributed by atoms with Crippen molar-refractivity contribution < 1.29 is 30.4 Å². The van der Waals surface area contributed by atoms with Gasteiger partial charge < -0.3 is 5.73 Å². The molecule has 0 fully saturated rings. The second-order valence-corrected chi connectivity index (χ2v) is 7.24. The number of carbonyl (C=O) groups is 1. The molecule has 10 heteroatoms. The molecule has 0 aliphatic rings. The molecule has 1 aromatic carbocycles. The number of carbonyl (C=O) groups excluding carboxylic acids is 1. The quantitative estimate of drug-likeness (QED) is 0.664. The summed E-state index contributed by atoms with van der Waals surface area (Å²) in [5.41, 5.74) is 5.54. The minimum absolute atomic E-state index is 0.0919. The molecule has 1 aromatic rings. The first-order valence-corrected chi connectivity index (χ1v) is 8.86. The molecule has 0 saturated heterocycles. The van der Waals surface area contributed by atoms with Crippen LogP contribution in [0.15, 0.2) is 23.1 Å². The van der Waals surface area contributed by atoms with Crippen LogP contribution in [0.2, 0.25) is 0 Å². The summed E-state index contributed by atoms with van der Waals surface area (Å²) in [5.74, 6) is -1.42. The maximum absolute atomic E-state index is 12.2. The van der Waals surface area contributed by atoms with Gasteiger partial charge in [-0.1, -0.05) is 13.0 Å². The minimum Gasteiger partial charge on any atom is -0.366 e. The summed E-state index contributed by atoms with van der Waals surface area (Å²) >= 11 is 0. The molecular weight excluding hydrogens is 322 g/mol. The van der Waals surface area contributed by atoms with E-state index in [1.165, 1.54) is 18.2 Å². The van der Waals surface area contributed by atoms with Gasteiger partial charge in [0.05, 0.1) is 17.3 Å². The molecule has 0 aromatic heterocycles. The lowest BCUT2D eigenvalue weighted by molar-refractivity contribution is 0.0999. The van der Waals surface area contributed by atoms with Gasteiger partial charge in [0.25, 0.3) is 0 Å². The first kappa shape index (κ1) is 17.6. The van der Waals surface area contributed by atoms with Crippen LogP contribution in [0.5, 0.6) is 0 Å². The average molecular weight is 337 g/mol. The highest BCUT2D eigenvalue weighted by atomic mass is 32.3. The monoisotopic (exact) mass is 337 g/mol. The average Bonchev–Trinajstić information content (AvgIpc) is 2.35. The highest BCUT2D eigenvalue weighted by molar-refractivity contribution is 7.91. The van der Waals surface area contributed by atoms with E-state index in [4.69, 9.17) is 10.3 Å². The van der Waals surface area contributed by atoms with Crippen LogP contribution < -0.4 is 5.73 Å². The number of amides is 1. The van der Waals surface area contributed by atoms with Gasteiger partial charge in [0, 0.05) is 5.56 Å². The maximum atomic E-state index is 12.2. The van der Waals surface area contributed by atoms with E-state index in [-0.39, 0.29) is 22.4 Å². The van der Waals surface area contributed by atoms with Gasteiger partial charge in [-0.2, -0.15) is 8.42 Å². The van der Waals surface area contributed by atoms with Crippen LogP contribution in [0.4, 0.5) is 0 Å². The second kappa shape index (κ2) is 6.52. The third-order valence-corrected chi connectivity index (χ3v) is 4.89. The summed E-state index contributed by atoms with van der Waals surface area (Å²) in [5, 5.41) is 0. The molecule has 3 N–H and O–H groups in total. The third kappa shape index (κ3) is 4.77. The number of primary amides is 1. The Kier molecular flexibility index (Phi) is 5.45. The van der Waals surface area contributed by atoms with Crippen molar-refractivity contribution in [1.29, 1.82) is 0 Å². The number of hydrogen-bond acceptors (Lipinski definition) is 6. The molecule has 0 atom stereocenters. The van der Waals surface area contributed by atoms with Gasteiger partial charge in [0.15, 0.2) is 9.84 Å². The Labute approximate surface area is 122 Å². The van der Waals surface area contributed by atoms with E-state index in [0.717, 1.165) is 0 Å². The molecule has 0 radical (unpaired) electrons. The third-order valence-electron chi connectivity index (χ3n) is 2.67. The van der Waals surface area contributed by atoms with Crippen LogP contribution in [-0.4, -0.2) is 39.7 Å². The molecule has 0 bridgehead atoms. The van der Waals surface area contributed by atoms with Gasteiger partial charge >= 0.3 is 10.4 Å². The van der Waals surface area contributed by atoms with Gasteiger partial charge in [0.1, 0.15) is 0 Å². The highest BCUT2D eigenvalue weighted by Crippen LogP contribution is 2.21. The Balaban J connectivity index is 3.14. The maximum Gasteiger partial charge on any atom is 0.397 e. The van der Waals surface area contributed by atoms with Crippen LogP contribution in [0.1, 0.15) is 22.8 Å². The molecule has 118 valence electrons. The number of rotatable bonds is 7. The number of benzene rings is 1. The molecule has 1 amide bonds. The van der Waals surface area contributed by atoms with Crippen LogP contribution >= 0.6 is 0 Å². The zero-order chi connectivity index (χ0) is 16.3. The Bertz CT molecular complexity index is 738. The first-order chi connectivity index (χ1) is 9.58. The molecule has 21 heavy (non-hydrogen) atoms. The van der Waals surface area contributed by atoms with Gasteiger partial charge in [-0.05, 0) is 24.1 Å². The van der Waals surface area contributed by atoms with Gasteiger partial charge in [0.2, 0.25) is 5.91 Å². The first-order valence-electron chi connectivity index (χ1n) is 5.84. The molecule has 1 rings (SSSR count). The van der Waals surface area contributed by atoms with E-state index in [1.807, 2.05) is 0 Å². The fourth-order valence-corrected chi connectivity index (χ4v) is 3.65. The molecule has 0 heterocycles. The molecule has 0 unspecified atom stereocenters. The molecule has 0 saturated carbocycles. The van der Waals surface area contributed by atoms with Crippen molar-refractivity contribution in [3.63, 3.8) is 0 Å². The summed E-state index contributed by atoms with van der Waals surface area (Å²) < 4.78 is 57.5. The predicted molar refractivity (Wildman–Crippen MR) is 73.9 cm³/mol. The Morgan fingerprint density at radius 1 is 1.29 bits per heavy atom. The molecule has 0 aliphatic carbocycles. The fourth-order valence-electron chi connectivity index (χ4n) is 1.81. The smallest absolute Gasteiger partial charge is 0.366 e. The summed E-state index contributed by atoms with van der Waals surface area (Å²) in [6.45, 7) is 0.931. The SMILES string of the molecule is CCc1c(C(N)=O)cccc1S(=O)(=O)CCOS(=O)(=O)O. The van der Waals surface area contributed by atoms with Crippen molar-refractivity contribution >= 4 is 26.1 Å². The largest absolute Gasteiger partial charge is 0.397 e. The molecule has 8 nitrogen and oxygen atoms in total. The second-order valence-electron chi connectivity index (χ2n) is 4.07. The van der Waals surface area contributed by atoms with E-state index in [0.29, 0.717) is 0 Å². The minimum atomic E-state index is -4.70. The topological polar surface area (TPSA) is 141 Å². The summed E-state index contributed by atoms with van der Waals surface area (Å²) in [6, 6.07) is 4.08. The number of nitrogens with two attached hydrogens (primary N) is 1. The lowest BCUT2D eigenvalue weighted by Gasteiger charge is -2.12. The number of sulfone groups is 1. The van der Waals surface area contributed by atoms with Crippen molar-refractivity contribution in [2.45, 2.75) is 18.2 Å². The van der Waals surface area contributed by atoms with E-state index in [2.05, 4.69) is 4.18 Å². The zero-order valence-corrected chi connectivity index (χ0v) is 12.8. The lowest BCUT2D eigenvalue weighted by atomic mass is 10.1. The van der Waals surface area contributed by atoms with Crippen molar-refractivity contribution in [3.8, 4) is 0 Å². The zero-order valence-electron chi connectivity index (χ0n) is 11.1. The predicted octanol–water partition coefficient (Wildman–Crippen LogP) is -0.0590. The van der Waals surface area contributed by atoms with Crippen LogP contribution in [0, 0.1) is 0 Å². The highest BCUT2D eigenvalue weighted by Gasteiger charge is 2.22. The summed E-state index contributed by atoms with van der Waals surface area (Å²) in [4.78, 5) is 11.2. The van der Waals surface area contributed by atoms with Crippen LogP contribution in [0.25, 0.3) is 0 Å². The molecular formula is C11H15NO7S2. The van der Waals surface area contributed by atoms with E-state index >= 15 is 0 Å². The van der Waals surface area contributed by atoms with Crippen LogP contribution in [-0.2, 0) is 30.8 Å². The van der Waals surface area contributed by atoms with Gasteiger partial charge in [-0.3, -0.25) is 9.35 Å². The Hall–Kier alpha value is -1.49. The van der Waals surface area contributed by atoms with Crippen molar-refractivity contribution in [1.82, 2.24) is 0 Å². The van der Waals surface area contributed by atoms with Crippen molar-refractivity contribution in [2.24, 2.45) is 5.73 Å². The Morgan fingerprint density at radius 2 is 1.90 bits per heavy atom. The van der Waals surface area contributed by atoms with Crippen LogP contribution in [0.3, 0.4) is 0 Å². The summed E-state index contributed by atoms with van der Waals surface area (Å²) in [7, 11) is -8.59. The van der Waals surface area contributed by atoms with Gasteiger partial charge in [-0.15, -0.1) is 0 Å².